The van der Waals surface area contributed by atoms with Gasteiger partial charge in [-0.3, -0.25) is 0 Å². The van der Waals surface area contributed by atoms with E-state index in [1.807, 2.05) is 12.1 Å². The molecular formula is C21H23BrN2O3S. The number of nitriles is 1. The van der Waals surface area contributed by atoms with Crippen LogP contribution in [0.25, 0.3) is 10.4 Å². The van der Waals surface area contributed by atoms with Crippen LogP contribution >= 0.6 is 27.3 Å². The highest BCUT2D eigenvalue weighted by atomic mass is 79.9. The third-order valence-corrected chi connectivity index (χ3v) is 6.79. The molecule has 1 N–H and O–H groups in total. The predicted molar refractivity (Wildman–Crippen MR) is 115 cm³/mol. The molecule has 1 aromatic carbocycles. The molecule has 0 unspecified atom stereocenters. The molecule has 3 rings (SSSR count). The van der Waals surface area contributed by atoms with Gasteiger partial charge in [0.05, 0.1) is 16.0 Å². The van der Waals surface area contributed by atoms with Gasteiger partial charge in [-0.15, -0.1) is 11.3 Å². The number of hydrogen-bond donors (Lipinski definition) is 1. The number of nitrogens with zero attached hydrogens (tertiary/aromatic N) is 1. The van der Waals surface area contributed by atoms with E-state index < -0.39 is 5.97 Å². The fourth-order valence-corrected chi connectivity index (χ4v) is 5.20. The molecule has 0 spiro atoms. The zero-order valence-electron chi connectivity index (χ0n) is 15.8. The fraction of sp³-hybridized carbons (Fsp3) is 0.429. The Labute approximate surface area is 177 Å². The predicted octanol–water partition coefficient (Wildman–Crippen LogP) is 5.74. The first-order valence-electron chi connectivity index (χ1n) is 9.50. The normalized spacial score (nSPS) is 14.3. The number of rotatable bonds is 7. The Kier molecular flexibility index (Phi) is 7.35. The molecular weight excluding hydrogens is 440 g/mol. The molecule has 28 heavy (non-hydrogen) atoms. The van der Waals surface area contributed by atoms with Crippen molar-refractivity contribution >= 4 is 38.9 Å². The third-order valence-electron chi connectivity index (χ3n) is 4.65. The first-order valence-corrected chi connectivity index (χ1v) is 11.1. The van der Waals surface area contributed by atoms with E-state index in [4.69, 9.17) is 9.47 Å². The summed E-state index contributed by atoms with van der Waals surface area (Å²) in [7, 11) is 0. The Hall–Kier alpha value is -2.04. The van der Waals surface area contributed by atoms with Crippen LogP contribution in [-0.4, -0.2) is 25.2 Å². The molecule has 0 atom stereocenters. The second-order valence-corrected chi connectivity index (χ2v) is 8.48. The van der Waals surface area contributed by atoms with Crippen LogP contribution < -0.4 is 10.1 Å². The van der Waals surface area contributed by atoms with Crippen LogP contribution in [0.15, 0.2) is 28.7 Å². The molecule has 7 heteroatoms. The van der Waals surface area contributed by atoms with Crippen LogP contribution in [0.3, 0.4) is 0 Å². The fourth-order valence-electron chi connectivity index (χ4n) is 3.35. The lowest BCUT2D eigenvalue weighted by Crippen LogP contribution is -2.22. The number of thiophene rings is 1. The molecule has 1 aliphatic carbocycles. The summed E-state index contributed by atoms with van der Waals surface area (Å²) in [5.41, 5.74) is 2.08. The molecule has 1 fully saturated rings. The molecule has 1 heterocycles. The number of carbonyl (C=O) groups excluding carboxylic acids is 1. The highest BCUT2D eigenvalue weighted by molar-refractivity contribution is 9.10. The number of nitrogens with one attached hydrogen (secondary N) is 1. The van der Waals surface area contributed by atoms with Gasteiger partial charge >= 0.3 is 5.97 Å². The van der Waals surface area contributed by atoms with E-state index >= 15 is 0 Å². The van der Waals surface area contributed by atoms with Gasteiger partial charge in [0.1, 0.15) is 10.9 Å². The average molecular weight is 463 g/mol. The minimum Gasteiger partial charge on any atom is -0.478 e. The molecule has 0 amide bonds. The Morgan fingerprint density at radius 3 is 2.86 bits per heavy atom. The molecule has 1 aromatic heterocycles. The molecule has 1 aliphatic rings. The van der Waals surface area contributed by atoms with E-state index in [2.05, 4.69) is 39.4 Å². The first kappa shape index (κ1) is 20.7. The largest absolute Gasteiger partial charge is 0.478 e. The highest BCUT2D eigenvalue weighted by Gasteiger charge is 2.21. The molecule has 1 saturated carbocycles. The van der Waals surface area contributed by atoms with Gasteiger partial charge < -0.3 is 14.8 Å². The summed E-state index contributed by atoms with van der Waals surface area (Å²) in [6.45, 7) is 1.82. The van der Waals surface area contributed by atoms with Gasteiger partial charge in [0.15, 0.2) is 12.4 Å². The van der Waals surface area contributed by atoms with Crippen molar-refractivity contribution in [2.75, 3.05) is 18.5 Å². The molecule has 0 radical (unpaired) electrons. The van der Waals surface area contributed by atoms with E-state index in [1.54, 1.807) is 6.92 Å². The molecule has 148 valence electrons. The number of halogens is 1. The standard InChI is InChI=1S/C21H23BrN2O3S/c1-2-26-18(25)13-27-20-17(12-23)28-21(19(20)22)14-7-6-10-16(11-14)24-15-8-4-3-5-9-15/h6-7,10-11,15,24H,2-5,8-9,13H2,1H3. The number of anilines is 1. The Morgan fingerprint density at radius 1 is 1.36 bits per heavy atom. The van der Waals surface area contributed by atoms with Crippen LogP contribution in [-0.2, 0) is 9.53 Å². The van der Waals surface area contributed by atoms with Crippen LogP contribution in [0.1, 0.15) is 43.9 Å². The molecule has 2 aromatic rings. The maximum Gasteiger partial charge on any atom is 0.344 e. The zero-order valence-corrected chi connectivity index (χ0v) is 18.2. The second kappa shape index (κ2) is 9.94. The molecule has 0 saturated heterocycles. The van der Waals surface area contributed by atoms with Gasteiger partial charge in [-0.05, 0) is 53.4 Å². The summed E-state index contributed by atoms with van der Waals surface area (Å²) in [6, 6.07) is 10.9. The van der Waals surface area contributed by atoms with Crippen molar-refractivity contribution in [1.29, 1.82) is 5.26 Å². The maximum absolute atomic E-state index is 11.6. The van der Waals surface area contributed by atoms with E-state index in [0.29, 0.717) is 27.7 Å². The minimum absolute atomic E-state index is 0.222. The Balaban J connectivity index is 1.80. The number of esters is 1. The summed E-state index contributed by atoms with van der Waals surface area (Å²) >= 11 is 4.90. The summed E-state index contributed by atoms with van der Waals surface area (Å²) < 4.78 is 11.2. The topological polar surface area (TPSA) is 71.3 Å². The van der Waals surface area contributed by atoms with Crippen molar-refractivity contribution < 1.29 is 14.3 Å². The Morgan fingerprint density at radius 2 is 2.14 bits per heavy atom. The van der Waals surface area contributed by atoms with Gasteiger partial charge in [-0.25, -0.2) is 4.79 Å². The van der Waals surface area contributed by atoms with Crippen LogP contribution in [0.5, 0.6) is 5.75 Å². The lowest BCUT2D eigenvalue weighted by atomic mass is 9.95. The smallest absolute Gasteiger partial charge is 0.344 e. The van der Waals surface area contributed by atoms with Crippen molar-refractivity contribution in [2.24, 2.45) is 0 Å². The number of ether oxygens (including phenoxy) is 2. The van der Waals surface area contributed by atoms with E-state index in [9.17, 15) is 10.1 Å². The summed E-state index contributed by atoms with van der Waals surface area (Å²) in [5.74, 6) is -0.0640. The van der Waals surface area contributed by atoms with E-state index in [0.717, 1.165) is 16.1 Å². The number of carbonyl (C=O) groups is 1. The first-order chi connectivity index (χ1) is 13.6. The van der Waals surface area contributed by atoms with Gasteiger partial charge in [0, 0.05) is 11.7 Å². The van der Waals surface area contributed by atoms with Crippen molar-refractivity contribution in [3.63, 3.8) is 0 Å². The third kappa shape index (κ3) is 5.06. The summed E-state index contributed by atoms with van der Waals surface area (Å²) in [4.78, 5) is 12.9. The van der Waals surface area contributed by atoms with Crippen molar-refractivity contribution in [3.8, 4) is 22.3 Å². The molecule has 0 bridgehead atoms. The average Bonchev–Trinajstić information content (AvgIpc) is 3.03. The van der Waals surface area contributed by atoms with Crippen LogP contribution in [0, 0.1) is 11.3 Å². The molecule has 5 nitrogen and oxygen atoms in total. The summed E-state index contributed by atoms with van der Waals surface area (Å²) in [5, 5.41) is 13.1. The van der Waals surface area contributed by atoms with Gasteiger partial charge in [0.25, 0.3) is 0 Å². The SMILES string of the molecule is CCOC(=O)COc1c(C#N)sc(-c2cccc(NC3CCCCC3)c2)c1Br. The lowest BCUT2D eigenvalue weighted by Gasteiger charge is -2.24. The number of benzene rings is 1. The van der Waals surface area contributed by atoms with Gasteiger partial charge in [0.2, 0.25) is 0 Å². The monoisotopic (exact) mass is 462 g/mol. The molecule has 0 aliphatic heterocycles. The van der Waals surface area contributed by atoms with Crippen LogP contribution in [0.4, 0.5) is 5.69 Å². The minimum atomic E-state index is -0.454. The van der Waals surface area contributed by atoms with Crippen molar-refractivity contribution in [1.82, 2.24) is 0 Å². The van der Waals surface area contributed by atoms with Crippen molar-refractivity contribution in [2.45, 2.75) is 45.1 Å². The van der Waals surface area contributed by atoms with E-state index in [-0.39, 0.29) is 6.61 Å². The van der Waals surface area contributed by atoms with E-state index in [1.165, 1.54) is 43.4 Å². The van der Waals surface area contributed by atoms with Crippen molar-refractivity contribution in [3.05, 3.63) is 33.6 Å². The van der Waals surface area contributed by atoms with Gasteiger partial charge in [-0.1, -0.05) is 31.4 Å². The number of hydrogen-bond acceptors (Lipinski definition) is 6. The zero-order chi connectivity index (χ0) is 19.9. The van der Waals surface area contributed by atoms with Crippen LogP contribution in [0.2, 0.25) is 0 Å². The maximum atomic E-state index is 11.6. The quantitative estimate of drug-likeness (QED) is 0.531. The van der Waals surface area contributed by atoms with Gasteiger partial charge in [-0.2, -0.15) is 5.26 Å². The Bertz CT molecular complexity index is 869. The summed E-state index contributed by atoms with van der Waals surface area (Å²) in [6.07, 6.45) is 6.29. The highest BCUT2D eigenvalue weighted by Crippen LogP contribution is 2.45. The lowest BCUT2D eigenvalue weighted by molar-refractivity contribution is -0.145. The second-order valence-electron chi connectivity index (χ2n) is 6.67.